The topological polar surface area (TPSA) is 77.8 Å². The number of hydrogen-bond donors (Lipinski definition) is 1. The first kappa shape index (κ1) is 13.4. The Morgan fingerprint density at radius 2 is 2.26 bits per heavy atom. The van der Waals surface area contributed by atoms with Crippen molar-refractivity contribution in [3.05, 3.63) is 30.0 Å². The van der Waals surface area contributed by atoms with Crippen molar-refractivity contribution in [3.8, 4) is 0 Å². The van der Waals surface area contributed by atoms with Gasteiger partial charge in [0, 0.05) is 38.2 Å². The van der Waals surface area contributed by atoms with Crippen LogP contribution in [0.5, 0.6) is 0 Å². The Morgan fingerprint density at radius 3 is 3.00 bits per heavy atom. The second-order valence-corrected chi connectivity index (χ2v) is 4.19. The van der Waals surface area contributed by atoms with Crippen LogP contribution in [0.2, 0.25) is 0 Å². The molecule has 0 fully saturated rings. The Bertz CT molecular complexity index is 499. The minimum absolute atomic E-state index is 0.426. The molecule has 102 valence electrons. The number of aromatic nitrogens is 5. The number of methoxy groups -OCH3 is 1. The van der Waals surface area contributed by atoms with Crippen molar-refractivity contribution < 1.29 is 4.74 Å². The molecule has 2 aromatic heterocycles. The molecule has 0 bridgehead atoms. The summed E-state index contributed by atoms with van der Waals surface area (Å²) in [6.07, 6.45) is 4.48. The molecule has 2 aromatic rings. The van der Waals surface area contributed by atoms with E-state index < -0.39 is 0 Å². The van der Waals surface area contributed by atoms with Crippen molar-refractivity contribution in [2.75, 3.05) is 19.0 Å². The average Bonchev–Trinajstić information content (AvgIpc) is 2.87. The second kappa shape index (κ2) is 6.79. The summed E-state index contributed by atoms with van der Waals surface area (Å²) in [4.78, 5) is 8.67. The molecule has 0 atom stereocenters. The van der Waals surface area contributed by atoms with E-state index in [1.54, 1.807) is 13.3 Å². The molecule has 0 aliphatic rings. The van der Waals surface area contributed by atoms with Crippen LogP contribution >= 0.6 is 0 Å². The van der Waals surface area contributed by atoms with E-state index in [-0.39, 0.29) is 0 Å². The fourth-order valence-electron chi connectivity index (χ4n) is 1.72. The standard InChI is InChI=1S/C12H18N6O/c1-10-8-11(16-12(15-10)9-19-2)13-4-3-6-18-7-5-14-17-18/h5,7-8H,3-4,6,9H2,1-2H3,(H,13,15,16). The third kappa shape index (κ3) is 4.29. The molecule has 0 aliphatic carbocycles. The van der Waals surface area contributed by atoms with Crippen molar-refractivity contribution in [3.63, 3.8) is 0 Å². The lowest BCUT2D eigenvalue weighted by atomic mass is 10.3. The van der Waals surface area contributed by atoms with Crippen LogP contribution in [0.4, 0.5) is 5.82 Å². The van der Waals surface area contributed by atoms with E-state index in [1.165, 1.54) is 0 Å². The molecule has 0 aliphatic heterocycles. The lowest BCUT2D eigenvalue weighted by Gasteiger charge is -2.08. The SMILES string of the molecule is COCc1nc(C)cc(NCCCn2ccnn2)n1. The van der Waals surface area contributed by atoms with E-state index >= 15 is 0 Å². The lowest BCUT2D eigenvalue weighted by Crippen LogP contribution is -2.10. The fourth-order valence-corrected chi connectivity index (χ4v) is 1.72. The first-order valence-corrected chi connectivity index (χ1v) is 6.19. The van der Waals surface area contributed by atoms with Crippen LogP contribution < -0.4 is 5.32 Å². The molecular weight excluding hydrogens is 244 g/mol. The predicted octanol–water partition coefficient (Wildman–Crippen LogP) is 1.03. The first-order valence-electron chi connectivity index (χ1n) is 6.19. The Labute approximate surface area is 112 Å². The molecule has 0 radical (unpaired) electrons. The number of aryl methyl sites for hydroxylation is 2. The predicted molar refractivity (Wildman–Crippen MR) is 70.6 cm³/mol. The molecule has 0 aromatic carbocycles. The fraction of sp³-hybridized carbons (Fsp3) is 0.500. The van der Waals surface area contributed by atoms with E-state index in [0.29, 0.717) is 12.4 Å². The zero-order valence-corrected chi connectivity index (χ0v) is 11.2. The van der Waals surface area contributed by atoms with Crippen LogP contribution in [0.1, 0.15) is 17.9 Å². The smallest absolute Gasteiger partial charge is 0.156 e. The second-order valence-electron chi connectivity index (χ2n) is 4.19. The monoisotopic (exact) mass is 262 g/mol. The first-order chi connectivity index (χ1) is 9.28. The number of hydrogen-bond acceptors (Lipinski definition) is 6. The van der Waals surface area contributed by atoms with Crippen LogP contribution in [-0.4, -0.2) is 38.6 Å². The van der Waals surface area contributed by atoms with E-state index in [4.69, 9.17) is 4.74 Å². The highest BCUT2D eigenvalue weighted by molar-refractivity contribution is 5.35. The van der Waals surface area contributed by atoms with Crippen LogP contribution in [0.25, 0.3) is 0 Å². The lowest BCUT2D eigenvalue weighted by molar-refractivity contribution is 0.177. The minimum Gasteiger partial charge on any atom is -0.377 e. The number of nitrogens with zero attached hydrogens (tertiary/aromatic N) is 5. The molecule has 0 saturated carbocycles. The van der Waals surface area contributed by atoms with Gasteiger partial charge in [-0.2, -0.15) is 0 Å². The Kier molecular flexibility index (Phi) is 4.79. The third-order valence-electron chi connectivity index (χ3n) is 2.52. The highest BCUT2D eigenvalue weighted by Gasteiger charge is 2.01. The maximum Gasteiger partial charge on any atom is 0.156 e. The average molecular weight is 262 g/mol. The van der Waals surface area contributed by atoms with Crippen LogP contribution in [0.15, 0.2) is 18.5 Å². The number of anilines is 1. The van der Waals surface area contributed by atoms with Gasteiger partial charge in [0.15, 0.2) is 5.82 Å². The maximum absolute atomic E-state index is 5.04. The van der Waals surface area contributed by atoms with E-state index in [2.05, 4.69) is 25.6 Å². The van der Waals surface area contributed by atoms with Gasteiger partial charge in [0.2, 0.25) is 0 Å². The van der Waals surface area contributed by atoms with Gasteiger partial charge in [-0.25, -0.2) is 9.97 Å². The summed E-state index contributed by atoms with van der Waals surface area (Å²) >= 11 is 0. The quantitative estimate of drug-likeness (QED) is 0.751. The van der Waals surface area contributed by atoms with Gasteiger partial charge in [-0.15, -0.1) is 5.10 Å². The molecule has 0 spiro atoms. The van der Waals surface area contributed by atoms with Crippen molar-refractivity contribution in [2.24, 2.45) is 0 Å². The minimum atomic E-state index is 0.426. The van der Waals surface area contributed by atoms with Gasteiger partial charge in [0.05, 0.1) is 6.20 Å². The van der Waals surface area contributed by atoms with Gasteiger partial charge in [-0.1, -0.05) is 5.21 Å². The summed E-state index contributed by atoms with van der Waals surface area (Å²) in [6, 6.07) is 1.93. The van der Waals surface area contributed by atoms with E-state index in [9.17, 15) is 0 Å². The molecule has 2 rings (SSSR count). The molecule has 19 heavy (non-hydrogen) atoms. The molecule has 1 N–H and O–H groups in total. The molecule has 0 saturated heterocycles. The zero-order valence-electron chi connectivity index (χ0n) is 11.2. The highest BCUT2D eigenvalue weighted by Crippen LogP contribution is 2.07. The number of ether oxygens (including phenoxy) is 1. The summed E-state index contributed by atoms with van der Waals surface area (Å²) in [5, 5.41) is 10.9. The third-order valence-corrected chi connectivity index (χ3v) is 2.52. The Morgan fingerprint density at radius 1 is 1.37 bits per heavy atom. The van der Waals surface area contributed by atoms with Crippen molar-refractivity contribution in [2.45, 2.75) is 26.5 Å². The van der Waals surface area contributed by atoms with Gasteiger partial charge in [0.25, 0.3) is 0 Å². The molecule has 0 unspecified atom stereocenters. The molecule has 7 nitrogen and oxygen atoms in total. The summed E-state index contributed by atoms with van der Waals surface area (Å²) in [7, 11) is 1.64. The molecule has 0 amide bonds. The Balaban J connectivity index is 1.81. The van der Waals surface area contributed by atoms with Gasteiger partial charge < -0.3 is 10.1 Å². The van der Waals surface area contributed by atoms with E-state index in [0.717, 1.165) is 31.0 Å². The van der Waals surface area contributed by atoms with Crippen LogP contribution in [-0.2, 0) is 17.9 Å². The largest absolute Gasteiger partial charge is 0.377 e. The zero-order chi connectivity index (χ0) is 13.5. The van der Waals surface area contributed by atoms with Crippen molar-refractivity contribution in [1.82, 2.24) is 25.0 Å². The van der Waals surface area contributed by atoms with Gasteiger partial charge in [0.1, 0.15) is 12.4 Å². The van der Waals surface area contributed by atoms with Crippen LogP contribution in [0.3, 0.4) is 0 Å². The molecular formula is C12H18N6O. The van der Waals surface area contributed by atoms with Crippen molar-refractivity contribution in [1.29, 1.82) is 0 Å². The van der Waals surface area contributed by atoms with Gasteiger partial charge in [-0.05, 0) is 13.3 Å². The van der Waals surface area contributed by atoms with Gasteiger partial charge in [-0.3, -0.25) is 4.68 Å². The summed E-state index contributed by atoms with van der Waals surface area (Å²) in [6.45, 7) is 4.03. The number of nitrogens with one attached hydrogen (secondary N) is 1. The summed E-state index contributed by atoms with van der Waals surface area (Å²) in [5.41, 5.74) is 0.931. The normalized spacial score (nSPS) is 10.6. The maximum atomic E-state index is 5.04. The summed E-state index contributed by atoms with van der Waals surface area (Å²) < 4.78 is 6.85. The molecule has 7 heteroatoms. The van der Waals surface area contributed by atoms with Gasteiger partial charge >= 0.3 is 0 Å². The van der Waals surface area contributed by atoms with Crippen LogP contribution in [0, 0.1) is 6.92 Å². The van der Waals surface area contributed by atoms with Crippen molar-refractivity contribution >= 4 is 5.82 Å². The van der Waals surface area contributed by atoms with E-state index in [1.807, 2.05) is 23.9 Å². The Hall–Kier alpha value is -2.02. The summed E-state index contributed by atoms with van der Waals surface area (Å²) in [5.74, 6) is 1.53. The highest BCUT2D eigenvalue weighted by atomic mass is 16.5. The molecule has 2 heterocycles. The number of rotatable bonds is 7.